The van der Waals surface area contributed by atoms with E-state index in [2.05, 4.69) is 49.4 Å². The van der Waals surface area contributed by atoms with Gasteiger partial charge in [-0.05, 0) is 36.1 Å². The van der Waals surface area contributed by atoms with E-state index in [0.717, 1.165) is 18.6 Å². The molecule has 1 heterocycles. The Morgan fingerprint density at radius 1 is 1.10 bits per heavy atom. The molecule has 0 bridgehead atoms. The third-order valence-electron chi connectivity index (χ3n) is 4.49. The molecule has 2 aromatic carbocycles. The Morgan fingerprint density at radius 2 is 1.90 bits per heavy atom. The molecule has 0 aromatic heterocycles. The zero-order chi connectivity index (χ0) is 14.4. The van der Waals surface area contributed by atoms with Gasteiger partial charge in [0.2, 0.25) is 0 Å². The maximum atomic E-state index is 6.19. The van der Waals surface area contributed by atoms with Gasteiger partial charge in [0.1, 0.15) is 11.9 Å². The van der Waals surface area contributed by atoms with Crippen molar-refractivity contribution in [3.8, 4) is 0 Å². The first-order chi connectivity index (χ1) is 10.3. The molecule has 0 saturated carbocycles. The quantitative estimate of drug-likeness (QED) is 0.865. The van der Waals surface area contributed by atoms with Crippen LogP contribution in [-0.2, 0) is 11.2 Å². The molecular weight excluding hydrogens is 258 g/mol. The van der Waals surface area contributed by atoms with Gasteiger partial charge >= 0.3 is 0 Å². The summed E-state index contributed by atoms with van der Waals surface area (Å²) >= 11 is 0. The first kappa shape index (κ1) is 12.7. The Labute approximate surface area is 125 Å². The molecule has 0 saturated heterocycles. The largest absolute Gasteiger partial charge is 0.488 e. The van der Waals surface area contributed by atoms with Gasteiger partial charge in [-0.2, -0.15) is 0 Å². The first-order valence-corrected chi connectivity index (χ1v) is 7.54. The van der Waals surface area contributed by atoms with Gasteiger partial charge in [0.25, 0.3) is 0 Å². The third-order valence-corrected chi connectivity index (χ3v) is 4.49. The Morgan fingerprint density at radius 3 is 2.76 bits per heavy atom. The molecule has 1 aliphatic carbocycles. The molecular formula is C19H19NO. The minimum absolute atomic E-state index is 0.106. The minimum Gasteiger partial charge on any atom is -0.488 e. The van der Waals surface area contributed by atoms with E-state index in [9.17, 15) is 0 Å². The maximum absolute atomic E-state index is 6.19. The van der Waals surface area contributed by atoms with E-state index in [0.29, 0.717) is 6.54 Å². The molecule has 1 atom stereocenters. The van der Waals surface area contributed by atoms with Crippen molar-refractivity contribution in [1.82, 2.24) is 0 Å². The van der Waals surface area contributed by atoms with Crippen LogP contribution in [0.5, 0.6) is 0 Å². The number of fused-ring (bicyclic) bond motifs is 4. The predicted octanol–water partition coefficient (Wildman–Crippen LogP) is 3.52. The number of benzene rings is 2. The van der Waals surface area contributed by atoms with Crippen molar-refractivity contribution in [2.24, 2.45) is 5.73 Å². The molecule has 1 aliphatic heterocycles. The zero-order valence-electron chi connectivity index (χ0n) is 12.2. The molecule has 2 aliphatic rings. The summed E-state index contributed by atoms with van der Waals surface area (Å²) in [7, 11) is 0. The average molecular weight is 277 g/mol. The van der Waals surface area contributed by atoms with Crippen LogP contribution in [0, 0.1) is 6.92 Å². The number of ether oxygens (including phenoxy) is 1. The number of rotatable bonds is 1. The van der Waals surface area contributed by atoms with Crippen molar-refractivity contribution < 1.29 is 4.74 Å². The lowest BCUT2D eigenvalue weighted by atomic mass is 9.95. The molecule has 0 amide bonds. The zero-order valence-corrected chi connectivity index (χ0v) is 12.2. The summed E-state index contributed by atoms with van der Waals surface area (Å²) in [5.41, 5.74) is 13.7. The third kappa shape index (κ3) is 1.98. The molecule has 2 aromatic rings. The highest BCUT2D eigenvalue weighted by Crippen LogP contribution is 2.43. The van der Waals surface area contributed by atoms with Gasteiger partial charge in [0, 0.05) is 24.1 Å². The van der Waals surface area contributed by atoms with E-state index in [1.807, 2.05) is 0 Å². The molecule has 1 unspecified atom stereocenters. The van der Waals surface area contributed by atoms with E-state index >= 15 is 0 Å². The Kier molecular flexibility index (Phi) is 2.86. The minimum atomic E-state index is 0.106. The monoisotopic (exact) mass is 277 g/mol. The highest BCUT2D eigenvalue weighted by molar-refractivity contribution is 5.93. The van der Waals surface area contributed by atoms with Crippen molar-refractivity contribution in [2.75, 3.05) is 6.54 Å². The molecule has 21 heavy (non-hydrogen) atoms. The summed E-state index contributed by atoms with van der Waals surface area (Å²) in [6.45, 7) is 2.70. The van der Waals surface area contributed by atoms with Crippen LogP contribution >= 0.6 is 0 Å². The van der Waals surface area contributed by atoms with E-state index in [1.54, 1.807) is 0 Å². The summed E-state index contributed by atoms with van der Waals surface area (Å²) in [4.78, 5) is 0. The molecule has 0 spiro atoms. The van der Waals surface area contributed by atoms with Crippen LogP contribution in [0.1, 0.15) is 34.2 Å². The van der Waals surface area contributed by atoms with Crippen molar-refractivity contribution >= 4 is 11.3 Å². The fraction of sp³-hybridized carbons (Fsp3) is 0.263. The van der Waals surface area contributed by atoms with Gasteiger partial charge in [-0.1, -0.05) is 42.0 Å². The van der Waals surface area contributed by atoms with Crippen molar-refractivity contribution in [2.45, 2.75) is 25.9 Å². The van der Waals surface area contributed by atoms with Crippen LogP contribution in [0.15, 0.2) is 42.5 Å². The normalized spacial score (nSPS) is 19.4. The lowest BCUT2D eigenvalue weighted by Gasteiger charge is -2.14. The fourth-order valence-corrected chi connectivity index (χ4v) is 3.42. The van der Waals surface area contributed by atoms with Crippen LogP contribution < -0.4 is 5.73 Å². The topological polar surface area (TPSA) is 35.2 Å². The van der Waals surface area contributed by atoms with Crippen LogP contribution in [-0.4, -0.2) is 12.6 Å². The first-order valence-electron chi connectivity index (χ1n) is 7.54. The van der Waals surface area contributed by atoms with Gasteiger partial charge in [-0.15, -0.1) is 0 Å². The molecule has 2 heteroatoms. The summed E-state index contributed by atoms with van der Waals surface area (Å²) in [6.07, 6.45) is 1.99. The smallest absolute Gasteiger partial charge is 0.131 e. The second-order valence-corrected chi connectivity index (χ2v) is 5.98. The maximum Gasteiger partial charge on any atom is 0.131 e. The van der Waals surface area contributed by atoms with Gasteiger partial charge in [0.05, 0.1) is 0 Å². The highest BCUT2D eigenvalue weighted by Gasteiger charge is 2.31. The van der Waals surface area contributed by atoms with E-state index in [4.69, 9.17) is 10.5 Å². The number of aryl methyl sites for hydroxylation is 1. The lowest BCUT2D eigenvalue weighted by molar-refractivity contribution is 0.199. The molecule has 2 nitrogen and oxygen atoms in total. The van der Waals surface area contributed by atoms with E-state index < -0.39 is 0 Å². The molecule has 2 N–H and O–H groups in total. The number of hydrogen-bond acceptors (Lipinski definition) is 2. The number of hydrogen-bond donors (Lipinski definition) is 1. The summed E-state index contributed by atoms with van der Waals surface area (Å²) in [6, 6.07) is 15.3. The van der Waals surface area contributed by atoms with Crippen LogP contribution in [0.2, 0.25) is 0 Å². The van der Waals surface area contributed by atoms with E-state index in [-0.39, 0.29) is 6.10 Å². The predicted molar refractivity (Wildman–Crippen MR) is 85.8 cm³/mol. The van der Waals surface area contributed by atoms with Crippen LogP contribution in [0.25, 0.3) is 11.3 Å². The van der Waals surface area contributed by atoms with Crippen molar-refractivity contribution in [3.63, 3.8) is 0 Å². The molecule has 0 radical (unpaired) electrons. The van der Waals surface area contributed by atoms with Crippen LogP contribution in [0.4, 0.5) is 0 Å². The SMILES string of the molecule is Cc1ccc2c(c1)C1=C(CC(CN)O1)c1ccccc1C2. The second kappa shape index (κ2) is 4.74. The fourth-order valence-electron chi connectivity index (χ4n) is 3.42. The Balaban J connectivity index is 1.97. The van der Waals surface area contributed by atoms with Crippen molar-refractivity contribution in [1.29, 1.82) is 0 Å². The second-order valence-electron chi connectivity index (χ2n) is 5.98. The van der Waals surface area contributed by atoms with Crippen molar-refractivity contribution in [3.05, 3.63) is 70.3 Å². The van der Waals surface area contributed by atoms with E-state index in [1.165, 1.54) is 33.4 Å². The van der Waals surface area contributed by atoms with Gasteiger partial charge in [-0.25, -0.2) is 0 Å². The average Bonchev–Trinajstić information content (AvgIpc) is 2.89. The summed E-state index contributed by atoms with van der Waals surface area (Å²) in [5, 5.41) is 0. The van der Waals surface area contributed by atoms with Crippen LogP contribution in [0.3, 0.4) is 0 Å². The van der Waals surface area contributed by atoms with Gasteiger partial charge in [-0.3, -0.25) is 0 Å². The molecule has 4 rings (SSSR count). The summed E-state index contributed by atoms with van der Waals surface area (Å²) in [5.74, 6) is 1.05. The van der Waals surface area contributed by atoms with Gasteiger partial charge < -0.3 is 10.5 Å². The Hall–Kier alpha value is -2.06. The molecule has 0 fully saturated rings. The van der Waals surface area contributed by atoms with Gasteiger partial charge in [0.15, 0.2) is 0 Å². The molecule has 106 valence electrons. The lowest BCUT2D eigenvalue weighted by Crippen LogP contribution is -2.19. The Bertz CT molecular complexity index is 745. The highest BCUT2D eigenvalue weighted by atomic mass is 16.5. The summed E-state index contributed by atoms with van der Waals surface area (Å²) < 4.78 is 6.19. The number of nitrogens with two attached hydrogens (primary N) is 1. The standard InChI is InChI=1S/C19H19NO/c1-12-6-7-14-9-13-4-2-3-5-16(13)18-10-15(11-20)21-19(18)17(14)8-12/h2-8,15H,9-11,20H2,1H3.